The van der Waals surface area contributed by atoms with Crippen LogP contribution in [-0.4, -0.2) is 43.5 Å². The Kier molecular flexibility index (Phi) is 5.60. The molecule has 18 heavy (non-hydrogen) atoms. The van der Waals surface area contributed by atoms with E-state index in [1.807, 2.05) is 6.92 Å². The zero-order chi connectivity index (χ0) is 13.8. The van der Waals surface area contributed by atoms with Crippen molar-refractivity contribution < 1.29 is 4.79 Å². The minimum absolute atomic E-state index is 0.259. The molecule has 0 spiro atoms. The number of hydrogen-bond donors (Lipinski definition) is 2. The van der Waals surface area contributed by atoms with Gasteiger partial charge in [0.05, 0.1) is 5.54 Å². The summed E-state index contributed by atoms with van der Waals surface area (Å²) in [4.78, 5) is 13.7. The van der Waals surface area contributed by atoms with Crippen molar-refractivity contribution in [1.82, 2.24) is 10.2 Å². The second-order valence-corrected chi connectivity index (χ2v) is 6.14. The third-order valence-corrected chi connectivity index (χ3v) is 4.38. The summed E-state index contributed by atoms with van der Waals surface area (Å²) in [5, 5.41) is 3.03. The van der Waals surface area contributed by atoms with Gasteiger partial charge in [-0.3, -0.25) is 4.79 Å². The zero-order valence-electron chi connectivity index (χ0n) is 12.3. The summed E-state index contributed by atoms with van der Waals surface area (Å²) in [6.07, 6.45) is 4.36. The van der Waals surface area contributed by atoms with Gasteiger partial charge in [0.25, 0.3) is 0 Å². The minimum Gasteiger partial charge on any atom is -0.368 e. The highest BCUT2D eigenvalue weighted by atomic mass is 16.1. The standard InChI is InChI=1S/C14H29N3O/c1-11-9-12(11)10-17(4)8-6-5-7-14(2,16-3)13(15)18/h11-12,16H,5-10H2,1-4H3,(H2,15,18). The number of nitrogens with two attached hydrogens (primary N) is 1. The SMILES string of the molecule is CNC(C)(CCCCN(C)CC1CC1C)C(N)=O. The maximum Gasteiger partial charge on any atom is 0.237 e. The highest BCUT2D eigenvalue weighted by Gasteiger charge is 2.33. The molecule has 0 heterocycles. The summed E-state index contributed by atoms with van der Waals surface area (Å²) in [5.41, 5.74) is 4.85. The lowest BCUT2D eigenvalue weighted by atomic mass is 9.94. The smallest absolute Gasteiger partial charge is 0.237 e. The maximum absolute atomic E-state index is 11.3. The molecule has 1 amide bonds. The average Bonchev–Trinajstić information content (AvgIpc) is 2.99. The van der Waals surface area contributed by atoms with E-state index in [-0.39, 0.29) is 5.91 Å². The van der Waals surface area contributed by atoms with Gasteiger partial charge in [-0.1, -0.05) is 6.92 Å². The first-order valence-electron chi connectivity index (χ1n) is 7.06. The molecule has 1 rings (SSSR count). The number of hydrogen-bond acceptors (Lipinski definition) is 3. The molecule has 0 aromatic heterocycles. The van der Waals surface area contributed by atoms with Gasteiger partial charge >= 0.3 is 0 Å². The van der Waals surface area contributed by atoms with Gasteiger partial charge in [0, 0.05) is 6.54 Å². The molecule has 1 aliphatic rings. The fourth-order valence-electron chi connectivity index (χ4n) is 2.38. The molecule has 3 unspecified atom stereocenters. The number of carbonyl (C=O) groups excluding carboxylic acids is 1. The van der Waals surface area contributed by atoms with Crippen LogP contribution in [0.1, 0.15) is 39.5 Å². The van der Waals surface area contributed by atoms with Gasteiger partial charge < -0.3 is 16.0 Å². The topological polar surface area (TPSA) is 58.4 Å². The Morgan fingerprint density at radius 2 is 2.11 bits per heavy atom. The van der Waals surface area contributed by atoms with Crippen molar-refractivity contribution >= 4 is 5.91 Å². The van der Waals surface area contributed by atoms with Crippen LogP contribution < -0.4 is 11.1 Å². The second-order valence-electron chi connectivity index (χ2n) is 6.14. The Morgan fingerprint density at radius 1 is 1.50 bits per heavy atom. The molecule has 4 nitrogen and oxygen atoms in total. The molecule has 4 heteroatoms. The van der Waals surface area contributed by atoms with Crippen molar-refractivity contribution in [1.29, 1.82) is 0 Å². The van der Waals surface area contributed by atoms with E-state index in [9.17, 15) is 4.79 Å². The van der Waals surface area contributed by atoms with Crippen LogP contribution in [0.25, 0.3) is 0 Å². The van der Waals surface area contributed by atoms with Crippen LogP contribution in [0.4, 0.5) is 0 Å². The summed E-state index contributed by atoms with van der Waals surface area (Å²) in [7, 11) is 3.99. The largest absolute Gasteiger partial charge is 0.368 e. The molecule has 0 aromatic carbocycles. The van der Waals surface area contributed by atoms with Gasteiger partial charge in [0.2, 0.25) is 5.91 Å². The van der Waals surface area contributed by atoms with E-state index in [0.29, 0.717) is 0 Å². The van der Waals surface area contributed by atoms with Crippen LogP contribution in [-0.2, 0) is 4.79 Å². The monoisotopic (exact) mass is 255 g/mol. The van der Waals surface area contributed by atoms with Gasteiger partial charge in [-0.15, -0.1) is 0 Å². The van der Waals surface area contributed by atoms with Gasteiger partial charge in [0.1, 0.15) is 0 Å². The summed E-state index contributed by atoms with van der Waals surface area (Å²) >= 11 is 0. The van der Waals surface area contributed by atoms with E-state index in [4.69, 9.17) is 5.73 Å². The number of carbonyl (C=O) groups is 1. The Hall–Kier alpha value is -0.610. The predicted octanol–water partition coefficient (Wildman–Crippen LogP) is 1.21. The summed E-state index contributed by atoms with van der Waals surface area (Å²) in [6, 6.07) is 0. The molecular formula is C14H29N3O. The average molecular weight is 255 g/mol. The molecule has 0 radical (unpaired) electrons. The summed E-state index contributed by atoms with van der Waals surface area (Å²) in [6.45, 7) is 6.54. The van der Waals surface area contributed by atoms with Crippen molar-refractivity contribution in [2.75, 3.05) is 27.2 Å². The molecule has 0 bridgehead atoms. The molecule has 1 fully saturated rings. The molecular weight excluding hydrogens is 226 g/mol. The van der Waals surface area contributed by atoms with Crippen LogP contribution in [0.3, 0.4) is 0 Å². The van der Waals surface area contributed by atoms with E-state index >= 15 is 0 Å². The third-order valence-electron chi connectivity index (χ3n) is 4.38. The Morgan fingerprint density at radius 3 is 2.56 bits per heavy atom. The molecule has 0 aliphatic heterocycles. The van der Waals surface area contributed by atoms with Gasteiger partial charge in [-0.2, -0.15) is 0 Å². The minimum atomic E-state index is -0.552. The molecule has 3 N–H and O–H groups in total. The Bertz CT molecular complexity index is 282. The first kappa shape index (κ1) is 15.4. The molecule has 0 aromatic rings. The molecule has 106 valence electrons. The second kappa shape index (κ2) is 6.53. The molecule has 0 saturated heterocycles. The van der Waals surface area contributed by atoms with Crippen LogP contribution in [0.2, 0.25) is 0 Å². The first-order valence-corrected chi connectivity index (χ1v) is 7.06. The molecule has 1 saturated carbocycles. The van der Waals surface area contributed by atoms with E-state index < -0.39 is 5.54 Å². The number of rotatable bonds is 9. The fourth-order valence-corrected chi connectivity index (χ4v) is 2.38. The third kappa shape index (κ3) is 4.58. The summed E-state index contributed by atoms with van der Waals surface area (Å²) < 4.78 is 0. The quantitative estimate of drug-likeness (QED) is 0.609. The fraction of sp³-hybridized carbons (Fsp3) is 0.929. The van der Waals surface area contributed by atoms with Crippen molar-refractivity contribution in [3.8, 4) is 0 Å². The number of unbranched alkanes of at least 4 members (excludes halogenated alkanes) is 1. The van der Waals surface area contributed by atoms with E-state index in [2.05, 4.69) is 24.2 Å². The predicted molar refractivity (Wildman–Crippen MR) is 75.3 cm³/mol. The maximum atomic E-state index is 11.3. The Labute approximate surface area is 111 Å². The van der Waals surface area contributed by atoms with E-state index in [1.165, 1.54) is 13.0 Å². The number of nitrogens with one attached hydrogen (secondary N) is 1. The van der Waals surface area contributed by atoms with Gasteiger partial charge in [-0.25, -0.2) is 0 Å². The number of likely N-dealkylation sites (N-methyl/N-ethyl adjacent to an activating group) is 1. The zero-order valence-corrected chi connectivity index (χ0v) is 12.3. The van der Waals surface area contributed by atoms with E-state index in [1.54, 1.807) is 7.05 Å². The van der Waals surface area contributed by atoms with Crippen LogP contribution in [0, 0.1) is 11.8 Å². The normalized spacial score (nSPS) is 26.1. The first-order chi connectivity index (χ1) is 8.39. The Balaban J connectivity index is 2.11. The highest BCUT2D eigenvalue weighted by Crippen LogP contribution is 2.37. The number of amides is 1. The number of primary amides is 1. The lowest BCUT2D eigenvalue weighted by Gasteiger charge is -2.25. The van der Waals surface area contributed by atoms with E-state index in [0.717, 1.165) is 37.6 Å². The molecule has 3 atom stereocenters. The lowest BCUT2D eigenvalue weighted by Crippen LogP contribution is -2.51. The summed E-state index contributed by atoms with van der Waals surface area (Å²) in [5.74, 6) is 1.59. The van der Waals surface area contributed by atoms with Gasteiger partial charge in [-0.05, 0) is 65.1 Å². The van der Waals surface area contributed by atoms with Gasteiger partial charge in [0.15, 0.2) is 0 Å². The van der Waals surface area contributed by atoms with Crippen molar-refractivity contribution in [3.63, 3.8) is 0 Å². The van der Waals surface area contributed by atoms with Crippen LogP contribution in [0.15, 0.2) is 0 Å². The van der Waals surface area contributed by atoms with Crippen molar-refractivity contribution in [2.24, 2.45) is 17.6 Å². The van der Waals surface area contributed by atoms with Crippen molar-refractivity contribution in [2.45, 2.75) is 45.1 Å². The molecule has 1 aliphatic carbocycles. The number of nitrogens with zero attached hydrogens (tertiary/aromatic N) is 1. The van der Waals surface area contributed by atoms with Crippen LogP contribution >= 0.6 is 0 Å². The lowest BCUT2D eigenvalue weighted by molar-refractivity contribution is -0.123. The van der Waals surface area contributed by atoms with Crippen LogP contribution in [0.5, 0.6) is 0 Å². The highest BCUT2D eigenvalue weighted by molar-refractivity contribution is 5.84. The van der Waals surface area contributed by atoms with Crippen molar-refractivity contribution in [3.05, 3.63) is 0 Å².